The lowest BCUT2D eigenvalue weighted by Gasteiger charge is -2.09. The fourth-order valence-electron chi connectivity index (χ4n) is 1.80. The van der Waals surface area contributed by atoms with Crippen LogP contribution < -0.4 is 15.4 Å². The number of anilines is 1. The van der Waals surface area contributed by atoms with Crippen LogP contribution in [0.3, 0.4) is 0 Å². The number of carbonyl (C=O) groups excluding carboxylic acids is 2. The van der Waals surface area contributed by atoms with Gasteiger partial charge in [-0.05, 0) is 30.2 Å². The van der Waals surface area contributed by atoms with Crippen molar-refractivity contribution in [3.63, 3.8) is 0 Å². The van der Waals surface area contributed by atoms with Crippen molar-refractivity contribution in [1.29, 1.82) is 0 Å². The Bertz CT molecular complexity index is 639. The smallest absolute Gasteiger partial charge is 0.251 e. The van der Waals surface area contributed by atoms with E-state index in [4.69, 9.17) is 0 Å². The van der Waals surface area contributed by atoms with E-state index in [0.717, 1.165) is 6.26 Å². The molecule has 1 rings (SSSR count). The Morgan fingerprint density at radius 2 is 1.70 bits per heavy atom. The maximum Gasteiger partial charge on any atom is 0.251 e. The molecule has 0 aliphatic carbocycles. The number of rotatable bonds is 8. The van der Waals surface area contributed by atoms with Crippen LogP contribution in [0.4, 0.5) is 5.69 Å². The van der Waals surface area contributed by atoms with Gasteiger partial charge in [-0.25, -0.2) is 13.1 Å². The Morgan fingerprint density at radius 1 is 1.09 bits per heavy atom. The van der Waals surface area contributed by atoms with Crippen molar-refractivity contribution in [3.05, 3.63) is 29.8 Å². The van der Waals surface area contributed by atoms with Crippen molar-refractivity contribution >= 4 is 27.5 Å². The second-order valence-corrected chi connectivity index (χ2v) is 7.48. The predicted octanol–water partition coefficient (Wildman–Crippen LogP) is 0.950. The SMILES string of the molecule is CC(C)CC(=O)Nc1ccc(C(=O)NCCNS(C)(=O)=O)cc1. The van der Waals surface area contributed by atoms with Gasteiger partial charge in [0.05, 0.1) is 6.26 Å². The van der Waals surface area contributed by atoms with Crippen LogP contribution >= 0.6 is 0 Å². The molecule has 23 heavy (non-hydrogen) atoms. The summed E-state index contributed by atoms with van der Waals surface area (Å²) >= 11 is 0. The summed E-state index contributed by atoms with van der Waals surface area (Å²) in [6.07, 6.45) is 1.50. The first-order valence-electron chi connectivity index (χ1n) is 7.30. The number of benzene rings is 1. The zero-order chi connectivity index (χ0) is 17.5. The van der Waals surface area contributed by atoms with Gasteiger partial charge in [0.25, 0.3) is 5.91 Å². The summed E-state index contributed by atoms with van der Waals surface area (Å²) in [6, 6.07) is 6.51. The molecule has 0 unspecified atom stereocenters. The number of amides is 2. The quantitative estimate of drug-likeness (QED) is 0.612. The van der Waals surface area contributed by atoms with E-state index in [9.17, 15) is 18.0 Å². The highest BCUT2D eigenvalue weighted by atomic mass is 32.2. The predicted molar refractivity (Wildman–Crippen MR) is 89.7 cm³/mol. The summed E-state index contributed by atoms with van der Waals surface area (Å²) in [5.41, 5.74) is 1.07. The van der Waals surface area contributed by atoms with Gasteiger partial charge < -0.3 is 10.6 Å². The first kappa shape index (κ1) is 19.1. The average Bonchev–Trinajstić information content (AvgIpc) is 2.42. The molecule has 8 heteroatoms. The molecule has 128 valence electrons. The van der Waals surface area contributed by atoms with Crippen LogP contribution in [0.2, 0.25) is 0 Å². The van der Waals surface area contributed by atoms with E-state index < -0.39 is 10.0 Å². The van der Waals surface area contributed by atoms with Crippen molar-refractivity contribution in [3.8, 4) is 0 Å². The minimum Gasteiger partial charge on any atom is -0.351 e. The molecule has 0 radical (unpaired) electrons. The first-order valence-corrected chi connectivity index (χ1v) is 9.19. The number of sulfonamides is 1. The van der Waals surface area contributed by atoms with Crippen LogP contribution in [-0.2, 0) is 14.8 Å². The van der Waals surface area contributed by atoms with Crippen LogP contribution in [-0.4, -0.2) is 39.6 Å². The molecule has 0 aliphatic rings. The van der Waals surface area contributed by atoms with E-state index in [1.54, 1.807) is 24.3 Å². The van der Waals surface area contributed by atoms with Gasteiger partial charge in [-0.1, -0.05) is 13.8 Å². The van der Waals surface area contributed by atoms with E-state index in [-0.39, 0.29) is 30.8 Å². The molecule has 0 spiro atoms. The Kier molecular flexibility index (Phi) is 7.18. The lowest BCUT2D eigenvalue weighted by molar-refractivity contribution is -0.116. The molecule has 1 aromatic carbocycles. The third-order valence-electron chi connectivity index (χ3n) is 2.80. The Hall–Kier alpha value is -1.93. The summed E-state index contributed by atoms with van der Waals surface area (Å²) in [6.45, 7) is 4.25. The Balaban J connectivity index is 2.46. The summed E-state index contributed by atoms with van der Waals surface area (Å²) in [5.74, 6) is -0.0926. The first-order chi connectivity index (χ1) is 10.7. The molecule has 0 bridgehead atoms. The van der Waals surface area contributed by atoms with Gasteiger partial charge >= 0.3 is 0 Å². The molecule has 0 aliphatic heterocycles. The average molecular weight is 341 g/mol. The topological polar surface area (TPSA) is 104 Å². The van der Waals surface area contributed by atoms with Crippen molar-refractivity contribution < 1.29 is 18.0 Å². The van der Waals surface area contributed by atoms with Crippen molar-refractivity contribution in [1.82, 2.24) is 10.0 Å². The van der Waals surface area contributed by atoms with Crippen molar-refractivity contribution in [2.75, 3.05) is 24.7 Å². The number of hydrogen-bond donors (Lipinski definition) is 3. The molecule has 3 N–H and O–H groups in total. The third-order valence-corrected chi connectivity index (χ3v) is 3.53. The highest BCUT2D eigenvalue weighted by Crippen LogP contribution is 2.11. The standard InChI is InChI=1S/C15H23N3O4S/c1-11(2)10-14(19)18-13-6-4-12(5-7-13)15(20)16-8-9-17-23(3,21)22/h4-7,11,17H,8-10H2,1-3H3,(H,16,20)(H,18,19). The number of carbonyl (C=O) groups is 2. The number of nitrogens with one attached hydrogen (secondary N) is 3. The normalized spacial score (nSPS) is 11.3. The summed E-state index contributed by atoms with van der Waals surface area (Å²) in [5, 5.41) is 5.37. The molecule has 0 saturated carbocycles. The maximum atomic E-state index is 11.9. The van der Waals surface area contributed by atoms with Crippen molar-refractivity contribution in [2.24, 2.45) is 5.92 Å². The Morgan fingerprint density at radius 3 is 2.22 bits per heavy atom. The van der Waals surface area contributed by atoms with Crippen LogP contribution in [0.5, 0.6) is 0 Å². The molecule has 0 atom stereocenters. The van der Waals surface area contributed by atoms with Crippen LogP contribution in [0.15, 0.2) is 24.3 Å². The van der Waals surface area contributed by atoms with E-state index in [0.29, 0.717) is 17.7 Å². The summed E-state index contributed by atoms with van der Waals surface area (Å²) in [7, 11) is -3.25. The molecule has 0 heterocycles. The van der Waals surface area contributed by atoms with E-state index >= 15 is 0 Å². The third kappa shape index (κ3) is 8.32. The van der Waals surface area contributed by atoms with Crippen LogP contribution in [0.25, 0.3) is 0 Å². The minimum absolute atomic E-state index is 0.0657. The van der Waals surface area contributed by atoms with E-state index in [2.05, 4.69) is 15.4 Å². The Labute approximate surface area is 136 Å². The fraction of sp³-hybridized carbons (Fsp3) is 0.467. The van der Waals surface area contributed by atoms with E-state index in [1.165, 1.54) is 0 Å². The van der Waals surface area contributed by atoms with Gasteiger partial charge in [0.2, 0.25) is 15.9 Å². The zero-order valence-electron chi connectivity index (χ0n) is 13.5. The van der Waals surface area contributed by atoms with E-state index in [1.807, 2.05) is 13.8 Å². The summed E-state index contributed by atoms with van der Waals surface area (Å²) < 4.78 is 24.0. The highest BCUT2D eigenvalue weighted by molar-refractivity contribution is 7.88. The molecule has 0 fully saturated rings. The van der Waals surface area contributed by atoms with Crippen LogP contribution in [0, 0.1) is 5.92 Å². The molecule has 2 amide bonds. The van der Waals surface area contributed by atoms with Gasteiger partial charge in [0.15, 0.2) is 0 Å². The molecular weight excluding hydrogens is 318 g/mol. The van der Waals surface area contributed by atoms with Gasteiger partial charge in [0.1, 0.15) is 0 Å². The van der Waals surface area contributed by atoms with Gasteiger partial charge in [-0.15, -0.1) is 0 Å². The fourth-order valence-corrected chi connectivity index (χ4v) is 2.28. The second kappa shape index (κ2) is 8.64. The van der Waals surface area contributed by atoms with Gasteiger partial charge in [-0.2, -0.15) is 0 Å². The monoisotopic (exact) mass is 341 g/mol. The zero-order valence-corrected chi connectivity index (χ0v) is 14.4. The van der Waals surface area contributed by atoms with Gasteiger partial charge in [-0.3, -0.25) is 9.59 Å². The molecule has 1 aromatic rings. The molecule has 0 saturated heterocycles. The summed E-state index contributed by atoms with van der Waals surface area (Å²) in [4.78, 5) is 23.5. The maximum absolute atomic E-state index is 11.9. The second-order valence-electron chi connectivity index (χ2n) is 5.65. The van der Waals surface area contributed by atoms with Crippen LogP contribution in [0.1, 0.15) is 30.6 Å². The lowest BCUT2D eigenvalue weighted by atomic mass is 10.1. The van der Waals surface area contributed by atoms with Gasteiger partial charge in [0, 0.05) is 30.8 Å². The highest BCUT2D eigenvalue weighted by Gasteiger charge is 2.08. The largest absolute Gasteiger partial charge is 0.351 e. The lowest BCUT2D eigenvalue weighted by Crippen LogP contribution is -2.34. The molecule has 7 nitrogen and oxygen atoms in total. The minimum atomic E-state index is -3.25. The molecular formula is C15H23N3O4S. The van der Waals surface area contributed by atoms with Crippen molar-refractivity contribution in [2.45, 2.75) is 20.3 Å². The number of hydrogen-bond acceptors (Lipinski definition) is 4. The molecule has 0 aromatic heterocycles.